The Morgan fingerprint density at radius 1 is 1.89 bits per heavy atom. The molecule has 0 aromatic rings. The van der Waals surface area contributed by atoms with E-state index in [4.69, 9.17) is 6.57 Å². The first kappa shape index (κ1) is 7.96. The van der Waals surface area contributed by atoms with Gasteiger partial charge in [0.15, 0.2) is 6.10 Å². The topological polar surface area (TPSA) is 30.7 Å². The molecule has 0 bridgehead atoms. The van der Waals surface area contributed by atoms with Gasteiger partial charge >= 0.3 is 6.57 Å². The minimum absolute atomic E-state index is 0.0751. The Balaban J connectivity index is 3.40. The number of ketones is 1. The van der Waals surface area contributed by atoms with Crippen molar-refractivity contribution in [2.24, 2.45) is 0 Å². The molecule has 0 saturated heterocycles. The van der Waals surface area contributed by atoms with Gasteiger partial charge in [0.1, 0.15) is 5.78 Å². The lowest BCUT2D eigenvalue weighted by Crippen LogP contribution is -2.07. The van der Waals surface area contributed by atoms with Crippen LogP contribution >= 0.6 is 0 Å². The average molecular weight is 128 g/mol. The van der Waals surface area contributed by atoms with Crippen LogP contribution in [0.2, 0.25) is 0 Å². The number of hydrogen-bond donors (Lipinski definition) is 0. The van der Waals surface area contributed by atoms with Gasteiger partial charge in [0.2, 0.25) is 5.01 Å². The van der Waals surface area contributed by atoms with Gasteiger partial charge in [-0.1, -0.05) is 0 Å². The van der Waals surface area contributed by atoms with Crippen LogP contribution in [0.5, 0.6) is 0 Å². The first-order valence-corrected chi connectivity index (χ1v) is 2.72. The molecular weight excluding hydrogens is 118 g/mol. The van der Waals surface area contributed by atoms with E-state index in [1.165, 1.54) is 6.92 Å². The predicted octanol–water partition coefficient (Wildman–Crippen LogP) is 1.25. The van der Waals surface area contributed by atoms with E-state index in [1.807, 2.05) is 0 Å². The molecule has 0 aliphatic rings. The Morgan fingerprint density at radius 3 is 2.78 bits per heavy atom. The zero-order chi connectivity index (χ0) is 7.28. The quantitative estimate of drug-likeness (QED) is 0.535. The molecule has 3 nitrogen and oxygen atoms in total. The maximum absolute atomic E-state index is 10.4. The number of Topliss-reactive ketones (excluding diaryl/α,β-unsaturated/α-hetero) is 1. The first-order valence-electron chi connectivity index (χ1n) is 2.72. The van der Waals surface area contributed by atoms with E-state index in [2.05, 4.69) is 9.85 Å². The normalized spacial score (nSPS) is 11.7. The molecule has 1 unspecified atom stereocenters. The van der Waals surface area contributed by atoms with E-state index in [1.54, 1.807) is 6.92 Å². The van der Waals surface area contributed by atoms with Crippen LogP contribution in [0.15, 0.2) is 0 Å². The maximum atomic E-state index is 10.4. The summed E-state index contributed by atoms with van der Waals surface area (Å²) in [5, 5.41) is 2.94. The number of nitrogens with zero attached hydrogens (tertiary/aromatic N) is 1. The zero-order valence-corrected chi connectivity index (χ0v) is 5.63. The van der Waals surface area contributed by atoms with Gasteiger partial charge in [0.05, 0.1) is 6.42 Å². The minimum Gasteiger partial charge on any atom is -0.300 e. The monoisotopic (exact) mass is 128 g/mol. The second kappa shape index (κ2) is 3.90. The Labute approximate surface area is 54.4 Å². The fourth-order valence-corrected chi connectivity index (χ4v) is 0.546. The summed E-state index contributed by atoms with van der Waals surface area (Å²) in [6.45, 7) is 7.93. The molecule has 0 heterocycles. The van der Waals surface area contributed by atoms with E-state index in [0.717, 1.165) is 0 Å². The van der Waals surface area contributed by atoms with Crippen molar-refractivity contribution in [3.05, 3.63) is 5.01 Å². The highest BCUT2D eigenvalue weighted by Gasteiger charge is 2.09. The Kier molecular flexibility index (Phi) is 3.45. The highest BCUT2D eigenvalue weighted by atomic mass is 16.6. The molecule has 3 heteroatoms. The lowest BCUT2D eigenvalue weighted by atomic mass is 10.2. The van der Waals surface area contributed by atoms with Crippen LogP contribution in [-0.4, -0.2) is 11.9 Å². The molecule has 0 radical (unpaired) electrons. The van der Waals surface area contributed by atoms with Gasteiger partial charge in [-0.05, 0) is 13.8 Å². The van der Waals surface area contributed by atoms with Gasteiger partial charge in [-0.2, -0.15) is 4.84 Å². The third-order valence-electron chi connectivity index (χ3n) is 0.816. The third kappa shape index (κ3) is 4.82. The summed E-state index contributed by atoms with van der Waals surface area (Å²) < 4.78 is 0. The molecule has 0 saturated carbocycles. The Morgan fingerprint density at radius 2 is 2.44 bits per heavy atom. The second-order valence-corrected chi connectivity index (χ2v) is 1.93. The number of carbonyl (C=O) groups excluding carboxylic acids is 1. The number of carbonyl (C=O) groups is 1. The van der Waals surface area contributed by atoms with Crippen LogP contribution in [0, 0.1) is 6.57 Å². The van der Waals surface area contributed by atoms with Crippen molar-refractivity contribution in [2.45, 2.75) is 26.4 Å². The van der Waals surface area contributed by atoms with Gasteiger partial charge in [0.25, 0.3) is 0 Å². The second-order valence-electron chi connectivity index (χ2n) is 1.93. The molecule has 0 rings (SSSR count). The van der Waals surface area contributed by atoms with E-state index < -0.39 is 0 Å². The Hall–Kier alpha value is -1.04. The fraction of sp³-hybridized carbons (Fsp3) is 0.667. The molecule has 0 fully saturated rings. The van der Waals surface area contributed by atoms with Crippen LogP contribution < -0.4 is 0 Å². The van der Waals surface area contributed by atoms with Gasteiger partial charge < -0.3 is 0 Å². The van der Waals surface area contributed by atoms with Crippen molar-refractivity contribution >= 4 is 5.78 Å². The molecule has 1 atom stereocenters. The summed E-state index contributed by atoms with van der Waals surface area (Å²) in [5.74, 6) is 0.0751. The Bertz CT molecular complexity index is 136. The lowest BCUT2D eigenvalue weighted by molar-refractivity contribution is -0.118. The number of rotatable bonds is 3. The largest absolute Gasteiger partial charge is 0.335 e. The zero-order valence-electron chi connectivity index (χ0n) is 5.63. The molecular formula is C6H10NO2+. The molecule has 0 amide bonds. The van der Waals surface area contributed by atoms with Crippen molar-refractivity contribution in [1.82, 2.24) is 0 Å². The number of hydrogen-bond acceptors (Lipinski definition) is 2. The summed E-state index contributed by atoms with van der Waals surface area (Å²) in [6.07, 6.45) is 0.160. The average Bonchev–Trinajstić information content (AvgIpc) is 1.63. The molecule has 0 aromatic heterocycles. The minimum atomic E-state index is -0.201. The first-order chi connectivity index (χ1) is 4.16. The van der Waals surface area contributed by atoms with Crippen LogP contribution in [-0.2, 0) is 9.63 Å². The van der Waals surface area contributed by atoms with E-state index in [9.17, 15) is 4.79 Å². The SMILES string of the molecule is C#[N+]OC(C)CC(C)=O. The molecule has 0 spiro atoms. The van der Waals surface area contributed by atoms with Crippen molar-refractivity contribution in [3.63, 3.8) is 0 Å². The standard InChI is InChI=1S/C6H10NO2/c1-5(8)4-6(2)9-7-3/h3,6H,4H2,1-2H3/q+1. The van der Waals surface area contributed by atoms with Crippen LogP contribution in [0.1, 0.15) is 20.3 Å². The predicted molar refractivity (Wildman–Crippen MR) is 34.1 cm³/mol. The van der Waals surface area contributed by atoms with Gasteiger partial charge in [-0.15, -0.1) is 0 Å². The summed E-state index contributed by atoms with van der Waals surface area (Å²) in [6, 6.07) is 0. The smallest absolute Gasteiger partial charge is 0.300 e. The van der Waals surface area contributed by atoms with E-state index >= 15 is 0 Å². The fourth-order valence-electron chi connectivity index (χ4n) is 0.546. The molecule has 0 aliphatic heterocycles. The van der Waals surface area contributed by atoms with Crippen molar-refractivity contribution in [3.8, 4) is 6.57 Å². The molecule has 0 N–H and O–H groups in total. The van der Waals surface area contributed by atoms with Gasteiger partial charge in [0, 0.05) is 0 Å². The van der Waals surface area contributed by atoms with E-state index in [-0.39, 0.29) is 11.9 Å². The van der Waals surface area contributed by atoms with Crippen LogP contribution in [0.3, 0.4) is 0 Å². The van der Waals surface area contributed by atoms with Crippen molar-refractivity contribution < 1.29 is 9.63 Å². The summed E-state index contributed by atoms with van der Waals surface area (Å²) in [5.41, 5.74) is 0. The van der Waals surface area contributed by atoms with Gasteiger partial charge in [-0.25, -0.2) is 0 Å². The van der Waals surface area contributed by atoms with E-state index in [0.29, 0.717) is 6.42 Å². The maximum Gasteiger partial charge on any atom is 0.335 e. The molecule has 0 aliphatic carbocycles. The highest BCUT2D eigenvalue weighted by molar-refractivity contribution is 5.75. The molecule has 0 aromatic carbocycles. The van der Waals surface area contributed by atoms with Crippen molar-refractivity contribution in [1.29, 1.82) is 0 Å². The highest BCUT2D eigenvalue weighted by Crippen LogP contribution is 1.97. The van der Waals surface area contributed by atoms with Crippen molar-refractivity contribution in [2.75, 3.05) is 0 Å². The third-order valence-corrected chi connectivity index (χ3v) is 0.816. The molecule has 50 valence electrons. The van der Waals surface area contributed by atoms with Gasteiger partial charge in [-0.3, -0.25) is 4.79 Å². The summed E-state index contributed by atoms with van der Waals surface area (Å²) in [4.78, 5) is 14.9. The summed E-state index contributed by atoms with van der Waals surface area (Å²) in [7, 11) is 0. The van der Waals surface area contributed by atoms with Crippen LogP contribution in [0.25, 0.3) is 5.01 Å². The summed E-state index contributed by atoms with van der Waals surface area (Å²) >= 11 is 0. The van der Waals surface area contributed by atoms with Crippen LogP contribution in [0.4, 0.5) is 0 Å². The molecule has 9 heavy (non-hydrogen) atoms. The lowest BCUT2D eigenvalue weighted by Gasteiger charge is -1.94.